The molecule has 1 aliphatic heterocycles. The van der Waals surface area contributed by atoms with E-state index < -0.39 is 6.09 Å². The number of ether oxygens (including phenoxy) is 2. The second-order valence-electron chi connectivity index (χ2n) is 4.15. The number of aromatic nitrogens is 3. The largest absolute Gasteiger partial charge is 0.467 e. The number of cyclic esters (lactones) is 1. The number of methoxy groups -OCH3 is 1. The summed E-state index contributed by atoms with van der Waals surface area (Å²) in [6.45, 7) is 4.28. The summed E-state index contributed by atoms with van der Waals surface area (Å²) in [4.78, 5) is 24.8. The zero-order chi connectivity index (χ0) is 13.3. The van der Waals surface area contributed by atoms with Crippen LogP contribution in [0.15, 0.2) is 0 Å². The van der Waals surface area contributed by atoms with Gasteiger partial charge in [-0.1, -0.05) is 13.8 Å². The molecule has 1 atom stereocenters. The zero-order valence-electron chi connectivity index (χ0n) is 10.3. The first-order valence-corrected chi connectivity index (χ1v) is 5.82. The fourth-order valence-corrected chi connectivity index (χ4v) is 1.83. The highest BCUT2D eigenvalue weighted by Crippen LogP contribution is 2.25. The number of hydrogen-bond acceptors (Lipinski definition) is 6. The Balaban J connectivity index is 2.39. The second kappa shape index (κ2) is 4.93. The van der Waals surface area contributed by atoms with Crippen molar-refractivity contribution in [3.8, 4) is 6.01 Å². The summed E-state index contributed by atoms with van der Waals surface area (Å²) in [5.41, 5.74) is 0. The number of halogens is 1. The maximum absolute atomic E-state index is 11.7. The zero-order valence-corrected chi connectivity index (χ0v) is 11.0. The van der Waals surface area contributed by atoms with Gasteiger partial charge in [0.15, 0.2) is 0 Å². The Morgan fingerprint density at radius 1 is 1.44 bits per heavy atom. The first kappa shape index (κ1) is 12.8. The Morgan fingerprint density at radius 3 is 2.78 bits per heavy atom. The van der Waals surface area contributed by atoms with Crippen LogP contribution < -0.4 is 9.64 Å². The molecule has 2 rings (SSSR count). The van der Waals surface area contributed by atoms with Crippen LogP contribution >= 0.6 is 11.6 Å². The van der Waals surface area contributed by atoms with Gasteiger partial charge in [0, 0.05) is 0 Å². The molecule has 0 bridgehead atoms. The summed E-state index contributed by atoms with van der Waals surface area (Å²) in [7, 11) is 1.41. The molecule has 1 aliphatic rings. The lowest BCUT2D eigenvalue weighted by Crippen LogP contribution is -2.38. The average Bonchev–Trinajstić information content (AvgIpc) is 2.70. The Kier molecular flexibility index (Phi) is 3.51. The Morgan fingerprint density at radius 2 is 2.17 bits per heavy atom. The minimum absolute atomic E-state index is 0.0287. The molecule has 0 saturated carbocycles. The topological polar surface area (TPSA) is 77.4 Å². The minimum Gasteiger partial charge on any atom is -0.467 e. The SMILES string of the molecule is COc1nc(Cl)nc(N2C(=O)OC[C@@H]2C(C)C)n1. The molecular formula is C10H13ClN4O3. The molecule has 0 spiro atoms. The van der Waals surface area contributed by atoms with Gasteiger partial charge in [0.2, 0.25) is 11.2 Å². The van der Waals surface area contributed by atoms with Crippen LogP contribution in [0.25, 0.3) is 0 Å². The summed E-state index contributed by atoms with van der Waals surface area (Å²) in [5, 5.41) is -0.0287. The summed E-state index contributed by atoms with van der Waals surface area (Å²) in [6.07, 6.45) is -0.488. The number of carbonyl (C=O) groups is 1. The molecule has 18 heavy (non-hydrogen) atoms. The van der Waals surface area contributed by atoms with Gasteiger partial charge in [-0.2, -0.15) is 15.0 Å². The Hall–Kier alpha value is -1.63. The van der Waals surface area contributed by atoms with Crippen LogP contribution in [0.2, 0.25) is 5.28 Å². The summed E-state index contributed by atoms with van der Waals surface area (Å²) in [6, 6.07) is -0.0621. The standard InChI is InChI=1S/C10H13ClN4O3/c1-5(2)6-4-18-10(16)15(6)8-12-7(11)13-9(14-8)17-3/h5-6H,4H2,1-3H3/t6-/m1/s1. The van der Waals surface area contributed by atoms with Crippen molar-refractivity contribution in [1.82, 2.24) is 15.0 Å². The van der Waals surface area contributed by atoms with Crippen LogP contribution in [0.3, 0.4) is 0 Å². The Bertz CT molecular complexity index is 468. The van der Waals surface area contributed by atoms with Gasteiger partial charge < -0.3 is 9.47 Å². The molecule has 1 saturated heterocycles. The lowest BCUT2D eigenvalue weighted by atomic mass is 10.1. The van der Waals surface area contributed by atoms with E-state index in [4.69, 9.17) is 21.1 Å². The van der Waals surface area contributed by atoms with E-state index in [1.807, 2.05) is 13.8 Å². The maximum Gasteiger partial charge on any atom is 0.417 e. The molecule has 7 nitrogen and oxygen atoms in total. The smallest absolute Gasteiger partial charge is 0.417 e. The molecule has 1 amide bonds. The van der Waals surface area contributed by atoms with Crippen LogP contribution in [-0.2, 0) is 4.74 Å². The Labute approximate surface area is 109 Å². The third-order valence-electron chi connectivity index (χ3n) is 2.65. The number of amides is 1. The quantitative estimate of drug-likeness (QED) is 0.830. The van der Waals surface area contributed by atoms with E-state index in [2.05, 4.69) is 15.0 Å². The van der Waals surface area contributed by atoms with Gasteiger partial charge in [-0.05, 0) is 17.5 Å². The monoisotopic (exact) mass is 272 g/mol. The number of carbonyl (C=O) groups excluding carboxylic acids is 1. The van der Waals surface area contributed by atoms with E-state index in [1.165, 1.54) is 12.0 Å². The van der Waals surface area contributed by atoms with Crippen molar-refractivity contribution in [2.45, 2.75) is 19.9 Å². The van der Waals surface area contributed by atoms with Crippen molar-refractivity contribution in [2.75, 3.05) is 18.6 Å². The van der Waals surface area contributed by atoms with Gasteiger partial charge in [0.1, 0.15) is 6.61 Å². The van der Waals surface area contributed by atoms with Gasteiger partial charge in [0.05, 0.1) is 13.2 Å². The van der Waals surface area contributed by atoms with E-state index in [9.17, 15) is 4.79 Å². The molecule has 0 N–H and O–H groups in total. The molecule has 2 heterocycles. The maximum atomic E-state index is 11.7. The highest BCUT2D eigenvalue weighted by molar-refractivity contribution is 6.28. The number of rotatable bonds is 3. The molecule has 0 aromatic carbocycles. The third kappa shape index (κ3) is 2.31. The van der Waals surface area contributed by atoms with Gasteiger partial charge in [-0.3, -0.25) is 0 Å². The minimum atomic E-state index is -0.488. The lowest BCUT2D eigenvalue weighted by molar-refractivity contribution is 0.177. The molecule has 1 aromatic heterocycles. The van der Waals surface area contributed by atoms with Crippen LogP contribution in [0, 0.1) is 5.92 Å². The van der Waals surface area contributed by atoms with E-state index in [0.717, 1.165) is 0 Å². The van der Waals surface area contributed by atoms with E-state index in [0.29, 0.717) is 6.61 Å². The van der Waals surface area contributed by atoms with E-state index in [-0.39, 0.29) is 29.2 Å². The highest BCUT2D eigenvalue weighted by atomic mass is 35.5. The van der Waals surface area contributed by atoms with Crippen molar-refractivity contribution >= 4 is 23.6 Å². The van der Waals surface area contributed by atoms with Crippen LogP contribution in [0.5, 0.6) is 6.01 Å². The summed E-state index contributed by atoms with van der Waals surface area (Å²) in [5.74, 6) is 0.353. The molecule has 1 fully saturated rings. The number of anilines is 1. The van der Waals surface area contributed by atoms with Crippen LogP contribution in [-0.4, -0.2) is 40.8 Å². The highest BCUT2D eigenvalue weighted by Gasteiger charge is 2.38. The van der Waals surface area contributed by atoms with Gasteiger partial charge in [-0.15, -0.1) is 0 Å². The molecule has 8 heteroatoms. The van der Waals surface area contributed by atoms with Crippen molar-refractivity contribution in [1.29, 1.82) is 0 Å². The first-order valence-electron chi connectivity index (χ1n) is 5.44. The fourth-order valence-electron chi connectivity index (χ4n) is 1.68. The first-order chi connectivity index (χ1) is 8.52. The predicted octanol–water partition coefficient (Wildman–Crippen LogP) is 1.51. The van der Waals surface area contributed by atoms with E-state index >= 15 is 0 Å². The van der Waals surface area contributed by atoms with Crippen molar-refractivity contribution in [2.24, 2.45) is 5.92 Å². The molecular weight excluding hydrogens is 260 g/mol. The molecule has 98 valence electrons. The van der Waals surface area contributed by atoms with Crippen molar-refractivity contribution < 1.29 is 14.3 Å². The van der Waals surface area contributed by atoms with E-state index in [1.54, 1.807) is 0 Å². The summed E-state index contributed by atoms with van der Waals surface area (Å²) < 4.78 is 9.91. The van der Waals surface area contributed by atoms with Crippen LogP contribution in [0.1, 0.15) is 13.8 Å². The number of hydrogen-bond donors (Lipinski definition) is 0. The molecule has 0 aliphatic carbocycles. The third-order valence-corrected chi connectivity index (χ3v) is 2.82. The molecule has 0 unspecified atom stereocenters. The fraction of sp³-hybridized carbons (Fsp3) is 0.600. The molecule has 1 aromatic rings. The predicted molar refractivity (Wildman–Crippen MR) is 63.8 cm³/mol. The second-order valence-corrected chi connectivity index (χ2v) is 4.49. The summed E-state index contributed by atoms with van der Waals surface area (Å²) >= 11 is 5.76. The van der Waals surface area contributed by atoms with Crippen molar-refractivity contribution in [3.63, 3.8) is 0 Å². The van der Waals surface area contributed by atoms with Crippen LogP contribution in [0.4, 0.5) is 10.7 Å². The lowest BCUT2D eigenvalue weighted by Gasteiger charge is -2.22. The number of nitrogens with zero attached hydrogens (tertiary/aromatic N) is 4. The van der Waals surface area contributed by atoms with Crippen molar-refractivity contribution in [3.05, 3.63) is 5.28 Å². The average molecular weight is 273 g/mol. The van der Waals surface area contributed by atoms with Gasteiger partial charge in [0.25, 0.3) is 0 Å². The normalized spacial score (nSPS) is 19.3. The molecule has 0 radical (unpaired) electrons. The van der Waals surface area contributed by atoms with Gasteiger partial charge in [-0.25, -0.2) is 9.69 Å². The van der Waals surface area contributed by atoms with Gasteiger partial charge >= 0.3 is 12.1 Å².